The minimum Gasteiger partial charge on any atom is -0.388 e. The fraction of sp³-hybridized carbons (Fsp3) is 0.688. The highest BCUT2D eigenvalue weighted by Crippen LogP contribution is 2.34. The molecule has 1 aromatic rings. The molecule has 0 bridgehead atoms. The Labute approximate surface area is 252 Å². The maximum absolute atomic E-state index is 13.9. The molecule has 0 aliphatic carbocycles. The number of anilines is 1. The lowest BCUT2D eigenvalue weighted by Gasteiger charge is -2.40. The number of hydrogen-bond donors (Lipinski definition) is 2. The Bertz CT molecular complexity index is 1050. The van der Waals surface area contributed by atoms with Gasteiger partial charge < -0.3 is 29.9 Å². The predicted molar refractivity (Wildman–Crippen MR) is 164 cm³/mol. The first-order valence-corrected chi connectivity index (χ1v) is 15.1. The summed E-state index contributed by atoms with van der Waals surface area (Å²) in [6.07, 6.45) is 3.52. The number of amides is 3. The minimum absolute atomic E-state index is 0.0303. The van der Waals surface area contributed by atoms with Crippen LogP contribution in [-0.4, -0.2) is 93.7 Å². The monoisotopic (exact) mass is 585 g/mol. The molecule has 0 radical (unpaired) electrons. The zero-order valence-electron chi connectivity index (χ0n) is 26.5. The molecule has 3 amide bonds. The SMILES string of the molecule is CCC(C)C(C(CC(=O)N1CCCC1C(OC)C(C)C(CC#N)Cc1cccc(NC)c1)OC)N(C)C(=O)CNC=O. The van der Waals surface area contributed by atoms with Crippen molar-refractivity contribution < 1.29 is 23.9 Å². The number of ether oxygens (including phenoxy) is 2. The van der Waals surface area contributed by atoms with E-state index < -0.39 is 6.10 Å². The topological polar surface area (TPSA) is 124 Å². The molecule has 1 aliphatic rings. The first-order chi connectivity index (χ1) is 20.2. The van der Waals surface area contributed by atoms with Crippen molar-refractivity contribution in [1.82, 2.24) is 15.1 Å². The van der Waals surface area contributed by atoms with Crippen LogP contribution in [0.15, 0.2) is 24.3 Å². The minimum atomic E-state index is -0.511. The molecule has 10 heteroatoms. The molecule has 10 nitrogen and oxygen atoms in total. The number of hydrogen-bond acceptors (Lipinski definition) is 7. The number of carbonyl (C=O) groups is 3. The van der Waals surface area contributed by atoms with E-state index in [4.69, 9.17) is 9.47 Å². The van der Waals surface area contributed by atoms with Crippen LogP contribution in [0, 0.1) is 29.1 Å². The number of benzene rings is 1. The Hall–Kier alpha value is -3.16. The summed E-state index contributed by atoms with van der Waals surface area (Å²) in [6, 6.07) is 10.1. The molecule has 0 spiro atoms. The number of carbonyl (C=O) groups excluding carboxylic acids is 3. The molecule has 234 valence electrons. The summed E-state index contributed by atoms with van der Waals surface area (Å²) in [7, 11) is 6.86. The second-order valence-electron chi connectivity index (χ2n) is 11.5. The number of methoxy groups -OCH3 is 2. The second-order valence-corrected chi connectivity index (χ2v) is 11.5. The van der Waals surface area contributed by atoms with E-state index >= 15 is 0 Å². The van der Waals surface area contributed by atoms with Crippen LogP contribution in [0.5, 0.6) is 0 Å². The smallest absolute Gasteiger partial charge is 0.242 e. The van der Waals surface area contributed by atoms with Gasteiger partial charge in [-0.05, 0) is 54.7 Å². The van der Waals surface area contributed by atoms with Gasteiger partial charge in [0, 0.05) is 47.0 Å². The maximum Gasteiger partial charge on any atom is 0.242 e. The average molecular weight is 586 g/mol. The second kappa shape index (κ2) is 17.7. The van der Waals surface area contributed by atoms with E-state index in [0.717, 1.165) is 36.9 Å². The third-order valence-corrected chi connectivity index (χ3v) is 9.06. The Morgan fingerprint density at radius 2 is 2.00 bits per heavy atom. The molecule has 42 heavy (non-hydrogen) atoms. The largest absolute Gasteiger partial charge is 0.388 e. The van der Waals surface area contributed by atoms with Gasteiger partial charge in [-0.25, -0.2) is 0 Å². The first kappa shape index (κ1) is 35.0. The third-order valence-electron chi connectivity index (χ3n) is 9.06. The van der Waals surface area contributed by atoms with Gasteiger partial charge in [-0.3, -0.25) is 14.4 Å². The summed E-state index contributed by atoms with van der Waals surface area (Å²) in [6.45, 7) is 6.74. The van der Waals surface area contributed by atoms with Gasteiger partial charge >= 0.3 is 0 Å². The van der Waals surface area contributed by atoms with Crippen molar-refractivity contribution in [2.24, 2.45) is 17.8 Å². The van der Waals surface area contributed by atoms with Gasteiger partial charge in [0.2, 0.25) is 18.2 Å². The highest BCUT2D eigenvalue weighted by Gasteiger charge is 2.41. The first-order valence-electron chi connectivity index (χ1n) is 15.1. The van der Waals surface area contributed by atoms with Crippen molar-refractivity contribution in [3.05, 3.63) is 29.8 Å². The predicted octanol–water partition coefficient (Wildman–Crippen LogP) is 3.47. The van der Waals surface area contributed by atoms with Crippen molar-refractivity contribution in [3.63, 3.8) is 0 Å². The Kier molecular flexibility index (Phi) is 14.8. The van der Waals surface area contributed by atoms with Gasteiger partial charge in [0.05, 0.1) is 43.3 Å². The molecule has 2 rings (SSSR count). The van der Waals surface area contributed by atoms with Crippen LogP contribution in [0.25, 0.3) is 0 Å². The van der Waals surface area contributed by atoms with E-state index in [0.29, 0.717) is 19.4 Å². The number of likely N-dealkylation sites (tertiary alicyclic amines) is 1. The molecule has 0 aromatic heterocycles. The normalized spacial score (nSPS) is 19.1. The fourth-order valence-electron chi connectivity index (χ4n) is 6.44. The molecule has 7 unspecified atom stereocenters. The Morgan fingerprint density at radius 3 is 2.60 bits per heavy atom. The molecule has 1 aromatic carbocycles. The number of likely N-dealkylation sites (N-methyl/N-ethyl adjacent to an activating group) is 1. The Morgan fingerprint density at radius 1 is 1.26 bits per heavy atom. The Balaban J connectivity index is 2.24. The summed E-state index contributed by atoms with van der Waals surface area (Å²) in [5.41, 5.74) is 2.19. The summed E-state index contributed by atoms with van der Waals surface area (Å²) in [5, 5.41) is 15.3. The lowest BCUT2D eigenvalue weighted by Crippen LogP contribution is -2.53. The van der Waals surface area contributed by atoms with Crippen LogP contribution >= 0.6 is 0 Å². The highest BCUT2D eigenvalue weighted by molar-refractivity contribution is 5.81. The summed E-state index contributed by atoms with van der Waals surface area (Å²) in [4.78, 5) is 40.9. The van der Waals surface area contributed by atoms with Crippen LogP contribution in [0.1, 0.15) is 58.4 Å². The van der Waals surface area contributed by atoms with Crippen LogP contribution < -0.4 is 10.6 Å². The lowest BCUT2D eigenvalue weighted by atomic mass is 9.79. The fourth-order valence-corrected chi connectivity index (χ4v) is 6.44. The number of rotatable bonds is 18. The van der Waals surface area contributed by atoms with Crippen molar-refractivity contribution >= 4 is 23.9 Å². The van der Waals surface area contributed by atoms with E-state index in [1.165, 1.54) is 0 Å². The molecular weight excluding hydrogens is 534 g/mol. The molecule has 0 saturated carbocycles. The summed E-state index contributed by atoms with van der Waals surface area (Å²) in [5.74, 6) is -0.102. The van der Waals surface area contributed by atoms with Crippen molar-refractivity contribution in [2.75, 3.05) is 46.7 Å². The van der Waals surface area contributed by atoms with E-state index in [1.807, 2.05) is 37.9 Å². The van der Waals surface area contributed by atoms with Crippen LogP contribution in [-0.2, 0) is 30.3 Å². The van der Waals surface area contributed by atoms with Gasteiger partial charge in [-0.1, -0.05) is 39.3 Å². The van der Waals surface area contributed by atoms with Crippen LogP contribution in [0.2, 0.25) is 0 Å². The van der Waals surface area contributed by atoms with Crippen molar-refractivity contribution in [1.29, 1.82) is 5.26 Å². The number of nitrogens with one attached hydrogen (secondary N) is 2. The van der Waals surface area contributed by atoms with E-state index in [1.54, 1.807) is 26.2 Å². The zero-order valence-corrected chi connectivity index (χ0v) is 26.5. The van der Waals surface area contributed by atoms with Crippen LogP contribution in [0.4, 0.5) is 5.69 Å². The number of nitrogens with zero attached hydrogens (tertiary/aromatic N) is 3. The van der Waals surface area contributed by atoms with Crippen LogP contribution in [0.3, 0.4) is 0 Å². The molecule has 1 heterocycles. The highest BCUT2D eigenvalue weighted by atomic mass is 16.5. The third kappa shape index (κ3) is 9.17. The van der Waals surface area contributed by atoms with Gasteiger partial charge in [-0.15, -0.1) is 0 Å². The van der Waals surface area contributed by atoms with Gasteiger partial charge in [0.1, 0.15) is 0 Å². The average Bonchev–Trinajstić information content (AvgIpc) is 3.49. The summed E-state index contributed by atoms with van der Waals surface area (Å²) >= 11 is 0. The standard InChI is InChI=1S/C32H51N5O5/c1-8-22(2)31(36(5)30(40)20-35-21-38)28(41-6)19-29(39)37-16-10-13-27(37)32(42-7)23(3)25(14-15-33)17-24-11-9-12-26(18-24)34-4/h9,11-12,18,21-23,25,27-28,31-32,34H,8,10,13-14,16-17,19-20H2,1-7H3,(H,35,38). The van der Waals surface area contributed by atoms with Gasteiger partial charge in [0.15, 0.2) is 0 Å². The van der Waals surface area contributed by atoms with Crippen molar-refractivity contribution in [3.8, 4) is 6.07 Å². The number of nitriles is 1. The maximum atomic E-state index is 13.9. The van der Waals surface area contributed by atoms with E-state index in [9.17, 15) is 19.6 Å². The van der Waals surface area contributed by atoms with Gasteiger partial charge in [0.25, 0.3) is 0 Å². The molecule has 1 saturated heterocycles. The lowest BCUT2D eigenvalue weighted by molar-refractivity contribution is -0.144. The van der Waals surface area contributed by atoms with E-state index in [-0.39, 0.29) is 60.7 Å². The molecule has 1 aliphatic heterocycles. The van der Waals surface area contributed by atoms with E-state index in [2.05, 4.69) is 35.8 Å². The molecule has 7 atom stereocenters. The van der Waals surface area contributed by atoms with Gasteiger partial charge in [-0.2, -0.15) is 5.26 Å². The summed E-state index contributed by atoms with van der Waals surface area (Å²) < 4.78 is 12.0. The quantitative estimate of drug-likeness (QED) is 0.253. The van der Waals surface area contributed by atoms with Crippen molar-refractivity contribution in [2.45, 2.75) is 83.6 Å². The molecule has 2 N–H and O–H groups in total. The molecule has 1 fully saturated rings. The molecular formula is C32H51N5O5. The zero-order chi connectivity index (χ0) is 31.2.